The van der Waals surface area contributed by atoms with Gasteiger partial charge in [-0.3, -0.25) is 0 Å². The molecule has 0 aromatic carbocycles. The molecule has 1 heteroatoms. The molecule has 1 aliphatic carbocycles. The summed E-state index contributed by atoms with van der Waals surface area (Å²) in [5, 5.41) is 3.27. The van der Waals surface area contributed by atoms with Gasteiger partial charge >= 0.3 is 0 Å². The first kappa shape index (κ1) is 9.92. The highest BCUT2D eigenvalue weighted by atomic mass is 14.8. The quantitative estimate of drug-likeness (QED) is 0.636. The third-order valence-corrected chi connectivity index (χ3v) is 2.20. The summed E-state index contributed by atoms with van der Waals surface area (Å²) in [5.74, 6) is 6.34. The van der Waals surface area contributed by atoms with Gasteiger partial charge in [0.05, 0.1) is 0 Å². The van der Waals surface area contributed by atoms with Crippen molar-refractivity contribution < 1.29 is 0 Å². The Bertz CT molecular complexity index is 273. The zero-order chi connectivity index (χ0) is 9.52. The highest BCUT2D eigenvalue weighted by Gasteiger charge is 2.03. The zero-order valence-corrected chi connectivity index (χ0v) is 8.48. The van der Waals surface area contributed by atoms with Crippen LogP contribution in [0.25, 0.3) is 0 Å². The summed E-state index contributed by atoms with van der Waals surface area (Å²) in [5.41, 5.74) is 2.77. The van der Waals surface area contributed by atoms with E-state index in [1.807, 2.05) is 7.05 Å². The fourth-order valence-corrected chi connectivity index (χ4v) is 1.54. The lowest BCUT2D eigenvalue weighted by Gasteiger charge is -2.11. The second-order valence-corrected chi connectivity index (χ2v) is 3.11. The average Bonchev–Trinajstić information content (AvgIpc) is 2.10. The maximum Gasteiger partial charge on any atom is 0.0146 e. The molecule has 0 aromatic rings. The Balaban J connectivity index is 2.80. The standard InChI is InChI=1S/C12H17N/c1-3-8-11-9-6-4-5-7-10-12(11)13-2/h3,8,13H,6-7,9-10H2,1-2H3/b8-3-,12-11+. The van der Waals surface area contributed by atoms with E-state index in [-0.39, 0.29) is 0 Å². The molecule has 0 saturated heterocycles. The number of rotatable bonds is 2. The summed E-state index contributed by atoms with van der Waals surface area (Å²) in [7, 11) is 1.99. The molecule has 70 valence electrons. The maximum absolute atomic E-state index is 3.27. The molecule has 0 heterocycles. The smallest absolute Gasteiger partial charge is 0.0146 e. The van der Waals surface area contributed by atoms with E-state index in [1.165, 1.54) is 11.3 Å². The molecule has 0 aromatic heterocycles. The maximum atomic E-state index is 3.27. The molecule has 0 saturated carbocycles. The first-order valence-electron chi connectivity index (χ1n) is 4.86. The fraction of sp³-hybridized carbons (Fsp3) is 0.500. The molecule has 0 bridgehead atoms. The van der Waals surface area contributed by atoms with E-state index in [4.69, 9.17) is 0 Å². The van der Waals surface area contributed by atoms with Crippen molar-refractivity contribution in [1.82, 2.24) is 5.32 Å². The Labute approximate surface area is 80.9 Å². The van der Waals surface area contributed by atoms with E-state index < -0.39 is 0 Å². The largest absolute Gasteiger partial charge is 0.391 e. The molecular weight excluding hydrogens is 158 g/mol. The minimum atomic E-state index is 0.983. The van der Waals surface area contributed by atoms with Gasteiger partial charge in [0.2, 0.25) is 0 Å². The lowest BCUT2D eigenvalue weighted by Crippen LogP contribution is -2.09. The molecule has 0 radical (unpaired) electrons. The minimum Gasteiger partial charge on any atom is -0.391 e. The molecule has 1 rings (SSSR count). The number of hydrogen-bond acceptors (Lipinski definition) is 1. The van der Waals surface area contributed by atoms with Crippen molar-refractivity contribution in [3.63, 3.8) is 0 Å². The van der Waals surface area contributed by atoms with E-state index in [9.17, 15) is 0 Å². The van der Waals surface area contributed by atoms with Crippen LogP contribution in [0.3, 0.4) is 0 Å². The van der Waals surface area contributed by atoms with Crippen LogP contribution in [0, 0.1) is 11.8 Å². The Morgan fingerprint density at radius 3 is 2.54 bits per heavy atom. The summed E-state index contributed by atoms with van der Waals surface area (Å²) in [6, 6.07) is 0. The Kier molecular flexibility index (Phi) is 4.18. The third-order valence-electron chi connectivity index (χ3n) is 2.20. The van der Waals surface area contributed by atoms with Crippen molar-refractivity contribution in [2.45, 2.75) is 32.6 Å². The van der Waals surface area contributed by atoms with Crippen molar-refractivity contribution in [1.29, 1.82) is 0 Å². The monoisotopic (exact) mass is 175 g/mol. The summed E-state index contributed by atoms with van der Waals surface area (Å²) in [4.78, 5) is 0. The van der Waals surface area contributed by atoms with Crippen LogP contribution in [0.2, 0.25) is 0 Å². The number of nitrogens with one attached hydrogen (secondary N) is 1. The molecule has 0 amide bonds. The summed E-state index contributed by atoms with van der Waals surface area (Å²) in [6.45, 7) is 2.06. The van der Waals surface area contributed by atoms with Gasteiger partial charge in [0.1, 0.15) is 0 Å². The van der Waals surface area contributed by atoms with Crippen molar-refractivity contribution in [3.05, 3.63) is 23.4 Å². The number of hydrogen-bond donors (Lipinski definition) is 1. The van der Waals surface area contributed by atoms with Gasteiger partial charge in [-0.1, -0.05) is 12.2 Å². The molecule has 0 unspecified atom stereocenters. The molecule has 0 fully saturated rings. The van der Waals surface area contributed by atoms with E-state index in [0.29, 0.717) is 0 Å². The van der Waals surface area contributed by atoms with Crippen LogP contribution < -0.4 is 5.32 Å². The molecule has 0 aliphatic heterocycles. The molecule has 13 heavy (non-hydrogen) atoms. The lowest BCUT2D eigenvalue weighted by molar-refractivity contribution is 0.816. The normalized spacial score (nSPS) is 23.2. The highest BCUT2D eigenvalue weighted by Crippen LogP contribution is 2.16. The summed E-state index contributed by atoms with van der Waals surface area (Å²) < 4.78 is 0. The van der Waals surface area contributed by atoms with Crippen LogP contribution >= 0.6 is 0 Å². The second kappa shape index (κ2) is 5.48. The zero-order valence-electron chi connectivity index (χ0n) is 8.48. The Hall–Kier alpha value is -1.16. The van der Waals surface area contributed by atoms with Gasteiger partial charge in [-0.25, -0.2) is 0 Å². The molecule has 1 nitrogen and oxygen atoms in total. The van der Waals surface area contributed by atoms with Crippen LogP contribution in [0.4, 0.5) is 0 Å². The van der Waals surface area contributed by atoms with E-state index in [2.05, 4.69) is 36.2 Å². The minimum absolute atomic E-state index is 0.983. The van der Waals surface area contributed by atoms with E-state index in [0.717, 1.165) is 25.7 Å². The molecule has 1 N–H and O–H groups in total. The van der Waals surface area contributed by atoms with Crippen molar-refractivity contribution in [3.8, 4) is 11.8 Å². The number of allylic oxidation sites excluding steroid dienone is 4. The molecule has 1 aliphatic rings. The van der Waals surface area contributed by atoms with Gasteiger partial charge in [-0.15, -0.1) is 11.8 Å². The topological polar surface area (TPSA) is 12.0 Å². The van der Waals surface area contributed by atoms with Crippen LogP contribution in [0.5, 0.6) is 0 Å². The summed E-state index contributed by atoms with van der Waals surface area (Å²) in [6.07, 6.45) is 8.40. The van der Waals surface area contributed by atoms with Gasteiger partial charge in [0.25, 0.3) is 0 Å². The van der Waals surface area contributed by atoms with Crippen LogP contribution in [-0.2, 0) is 0 Å². The van der Waals surface area contributed by atoms with Gasteiger partial charge in [-0.05, 0) is 25.3 Å². The Morgan fingerprint density at radius 1 is 1.23 bits per heavy atom. The van der Waals surface area contributed by atoms with Gasteiger partial charge in [0, 0.05) is 25.6 Å². The van der Waals surface area contributed by atoms with Crippen molar-refractivity contribution in [2.24, 2.45) is 0 Å². The second-order valence-electron chi connectivity index (χ2n) is 3.11. The SMILES string of the molecule is C/C=C\C1=C(/NC)CCC#CCC1. The third kappa shape index (κ3) is 2.99. The first-order valence-corrected chi connectivity index (χ1v) is 4.86. The first-order chi connectivity index (χ1) is 6.38. The molecule has 0 spiro atoms. The van der Waals surface area contributed by atoms with Crippen LogP contribution in [0.1, 0.15) is 32.6 Å². The van der Waals surface area contributed by atoms with Gasteiger partial charge < -0.3 is 5.32 Å². The molecule has 0 atom stereocenters. The predicted octanol–water partition coefficient (Wildman–Crippen LogP) is 2.61. The van der Waals surface area contributed by atoms with Gasteiger partial charge in [0.15, 0.2) is 0 Å². The van der Waals surface area contributed by atoms with Crippen LogP contribution in [-0.4, -0.2) is 7.05 Å². The van der Waals surface area contributed by atoms with E-state index in [1.54, 1.807) is 0 Å². The summed E-state index contributed by atoms with van der Waals surface area (Å²) >= 11 is 0. The highest BCUT2D eigenvalue weighted by molar-refractivity contribution is 5.27. The fourth-order valence-electron chi connectivity index (χ4n) is 1.54. The van der Waals surface area contributed by atoms with Crippen LogP contribution in [0.15, 0.2) is 23.4 Å². The van der Waals surface area contributed by atoms with Gasteiger partial charge in [-0.2, -0.15) is 0 Å². The van der Waals surface area contributed by atoms with Crippen molar-refractivity contribution in [2.75, 3.05) is 7.05 Å². The Morgan fingerprint density at radius 2 is 1.92 bits per heavy atom. The van der Waals surface area contributed by atoms with Crippen molar-refractivity contribution >= 4 is 0 Å². The lowest BCUT2D eigenvalue weighted by atomic mass is 10.0. The molecular formula is C12H17N. The average molecular weight is 175 g/mol. The predicted molar refractivity (Wildman–Crippen MR) is 57.1 cm³/mol. The van der Waals surface area contributed by atoms with E-state index >= 15 is 0 Å².